The summed E-state index contributed by atoms with van der Waals surface area (Å²) in [6, 6.07) is 21.1. The molecule has 3 nitrogen and oxygen atoms in total. The van der Waals surface area contributed by atoms with Gasteiger partial charge in [-0.25, -0.2) is 4.79 Å². The number of carbonyl (C=O) groups excluding carboxylic acids is 1. The molecule has 2 aromatic carbocycles. The summed E-state index contributed by atoms with van der Waals surface area (Å²) in [7, 11) is 0. The second-order valence-corrected chi connectivity index (χ2v) is 6.09. The Morgan fingerprint density at radius 1 is 0.913 bits per heavy atom. The highest BCUT2D eigenvalue weighted by molar-refractivity contribution is 5.74. The van der Waals surface area contributed by atoms with Gasteiger partial charge >= 0.3 is 6.03 Å². The van der Waals surface area contributed by atoms with Crippen LogP contribution in [0, 0.1) is 0 Å². The Kier molecular flexibility index (Phi) is 5.30. The maximum atomic E-state index is 12.1. The molecule has 0 aliphatic carbocycles. The number of urea groups is 1. The molecule has 1 saturated heterocycles. The normalized spacial score (nSPS) is 14.2. The number of carbonyl (C=O) groups is 1. The third-order valence-corrected chi connectivity index (χ3v) is 4.51. The third-order valence-electron chi connectivity index (χ3n) is 4.51. The fraction of sp³-hybridized carbons (Fsp3) is 0.350. The fourth-order valence-corrected chi connectivity index (χ4v) is 3.25. The van der Waals surface area contributed by atoms with Gasteiger partial charge in [-0.1, -0.05) is 60.7 Å². The lowest BCUT2D eigenvalue weighted by Gasteiger charge is -2.20. The quantitative estimate of drug-likeness (QED) is 0.889. The molecule has 1 aliphatic rings. The zero-order chi connectivity index (χ0) is 15.9. The minimum atomic E-state index is 0.0855. The van der Waals surface area contributed by atoms with Crippen LogP contribution >= 0.6 is 0 Å². The zero-order valence-corrected chi connectivity index (χ0v) is 13.4. The number of hydrogen-bond donors (Lipinski definition) is 1. The Labute approximate surface area is 138 Å². The maximum Gasteiger partial charge on any atom is 0.317 e. The highest BCUT2D eigenvalue weighted by Crippen LogP contribution is 2.27. The van der Waals surface area contributed by atoms with E-state index >= 15 is 0 Å². The molecule has 1 heterocycles. The minimum Gasteiger partial charge on any atom is -0.338 e. The van der Waals surface area contributed by atoms with Gasteiger partial charge in [-0.15, -0.1) is 0 Å². The molecule has 0 spiro atoms. The first-order chi connectivity index (χ1) is 11.3. The molecule has 0 saturated carbocycles. The summed E-state index contributed by atoms with van der Waals surface area (Å²) >= 11 is 0. The van der Waals surface area contributed by atoms with E-state index in [2.05, 4.69) is 53.8 Å². The number of amides is 2. The van der Waals surface area contributed by atoms with Gasteiger partial charge < -0.3 is 10.2 Å². The van der Waals surface area contributed by atoms with Crippen molar-refractivity contribution in [2.24, 2.45) is 0 Å². The van der Waals surface area contributed by atoms with Gasteiger partial charge in [0.15, 0.2) is 0 Å². The Morgan fingerprint density at radius 3 is 1.96 bits per heavy atom. The average Bonchev–Trinajstić information content (AvgIpc) is 3.15. The molecule has 0 unspecified atom stereocenters. The number of likely N-dealkylation sites (tertiary alicyclic amines) is 1. The van der Waals surface area contributed by atoms with Crippen molar-refractivity contribution in [1.82, 2.24) is 10.2 Å². The summed E-state index contributed by atoms with van der Waals surface area (Å²) in [5.41, 5.74) is 2.60. The summed E-state index contributed by atoms with van der Waals surface area (Å²) in [4.78, 5) is 14.0. The van der Waals surface area contributed by atoms with Crippen molar-refractivity contribution >= 4 is 6.03 Å². The molecule has 1 aliphatic heterocycles. The molecule has 2 aromatic rings. The monoisotopic (exact) mass is 308 g/mol. The largest absolute Gasteiger partial charge is 0.338 e. The van der Waals surface area contributed by atoms with Crippen molar-refractivity contribution in [1.29, 1.82) is 0 Å². The summed E-state index contributed by atoms with van der Waals surface area (Å²) < 4.78 is 0. The predicted octanol–water partition coefficient (Wildman–Crippen LogP) is 4.01. The second kappa shape index (κ2) is 7.82. The van der Waals surface area contributed by atoms with Gasteiger partial charge in [-0.3, -0.25) is 0 Å². The van der Waals surface area contributed by atoms with Crippen LogP contribution in [0.15, 0.2) is 60.7 Å². The fourth-order valence-electron chi connectivity index (χ4n) is 3.25. The van der Waals surface area contributed by atoms with Crippen molar-refractivity contribution in [3.05, 3.63) is 71.8 Å². The Bertz CT molecular complexity index is 567. The zero-order valence-electron chi connectivity index (χ0n) is 13.4. The van der Waals surface area contributed by atoms with E-state index in [0.29, 0.717) is 12.5 Å². The van der Waals surface area contributed by atoms with Crippen LogP contribution in [-0.2, 0) is 0 Å². The SMILES string of the molecule is O=C(NCCC(c1ccccc1)c1ccccc1)N1CCCC1. The summed E-state index contributed by atoms with van der Waals surface area (Å²) in [6.07, 6.45) is 3.17. The molecule has 120 valence electrons. The summed E-state index contributed by atoms with van der Waals surface area (Å²) in [5, 5.41) is 3.08. The van der Waals surface area contributed by atoms with Crippen LogP contribution in [0.25, 0.3) is 0 Å². The Balaban J connectivity index is 1.64. The first-order valence-electron chi connectivity index (χ1n) is 8.47. The van der Waals surface area contributed by atoms with Gasteiger partial charge in [0.05, 0.1) is 0 Å². The molecule has 3 rings (SSSR count). The van der Waals surface area contributed by atoms with Crippen LogP contribution in [0.4, 0.5) is 4.79 Å². The first-order valence-corrected chi connectivity index (χ1v) is 8.47. The Morgan fingerprint density at radius 2 is 1.43 bits per heavy atom. The average molecular weight is 308 g/mol. The van der Waals surface area contributed by atoms with Crippen LogP contribution in [0.3, 0.4) is 0 Å². The highest BCUT2D eigenvalue weighted by atomic mass is 16.2. The van der Waals surface area contributed by atoms with Gasteiger partial charge in [0.25, 0.3) is 0 Å². The van der Waals surface area contributed by atoms with E-state index < -0.39 is 0 Å². The lowest BCUT2D eigenvalue weighted by Crippen LogP contribution is -2.38. The molecule has 0 aromatic heterocycles. The van der Waals surface area contributed by atoms with Crippen molar-refractivity contribution in [3.8, 4) is 0 Å². The van der Waals surface area contributed by atoms with Crippen LogP contribution in [0.2, 0.25) is 0 Å². The van der Waals surface area contributed by atoms with E-state index in [1.165, 1.54) is 11.1 Å². The van der Waals surface area contributed by atoms with E-state index in [1.54, 1.807) is 0 Å². The van der Waals surface area contributed by atoms with Gasteiger partial charge in [0, 0.05) is 25.6 Å². The number of nitrogens with zero attached hydrogens (tertiary/aromatic N) is 1. The molecule has 0 bridgehead atoms. The van der Waals surface area contributed by atoms with Gasteiger partial charge in [0.2, 0.25) is 0 Å². The van der Waals surface area contributed by atoms with Crippen LogP contribution in [0.1, 0.15) is 36.3 Å². The van der Waals surface area contributed by atoms with Crippen molar-refractivity contribution < 1.29 is 4.79 Å². The van der Waals surface area contributed by atoms with Crippen LogP contribution < -0.4 is 5.32 Å². The van der Waals surface area contributed by atoms with Gasteiger partial charge in [-0.2, -0.15) is 0 Å². The summed E-state index contributed by atoms with van der Waals surface area (Å²) in [5.74, 6) is 0.316. The van der Waals surface area contributed by atoms with Crippen molar-refractivity contribution in [2.75, 3.05) is 19.6 Å². The third kappa shape index (κ3) is 4.13. The molecule has 3 heteroatoms. The molecule has 23 heavy (non-hydrogen) atoms. The predicted molar refractivity (Wildman–Crippen MR) is 93.5 cm³/mol. The lowest BCUT2D eigenvalue weighted by molar-refractivity contribution is 0.208. The van der Waals surface area contributed by atoms with E-state index in [0.717, 1.165) is 32.4 Å². The van der Waals surface area contributed by atoms with E-state index in [-0.39, 0.29) is 6.03 Å². The molecule has 0 radical (unpaired) electrons. The summed E-state index contributed by atoms with van der Waals surface area (Å²) in [6.45, 7) is 2.49. The van der Waals surface area contributed by atoms with Crippen molar-refractivity contribution in [3.63, 3.8) is 0 Å². The number of nitrogens with one attached hydrogen (secondary N) is 1. The minimum absolute atomic E-state index is 0.0855. The van der Waals surface area contributed by atoms with Gasteiger partial charge in [0.1, 0.15) is 0 Å². The first kappa shape index (κ1) is 15.6. The highest BCUT2D eigenvalue weighted by Gasteiger charge is 2.18. The number of benzene rings is 2. The van der Waals surface area contributed by atoms with Gasteiger partial charge in [-0.05, 0) is 30.4 Å². The molecule has 1 fully saturated rings. The second-order valence-electron chi connectivity index (χ2n) is 6.09. The molecule has 1 N–H and O–H groups in total. The van der Waals surface area contributed by atoms with Crippen molar-refractivity contribution in [2.45, 2.75) is 25.2 Å². The van der Waals surface area contributed by atoms with E-state index in [4.69, 9.17) is 0 Å². The van der Waals surface area contributed by atoms with Crippen LogP contribution in [-0.4, -0.2) is 30.6 Å². The number of hydrogen-bond acceptors (Lipinski definition) is 1. The molecular formula is C20H24N2O. The smallest absolute Gasteiger partial charge is 0.317 e. The Hall–Kier alpha value is -2.29. The van der Waals surface area contributed by atoms with Crippen LogP contribution in [0.5, 0.6) is 0 Å². The standard InChI is InChI=1S/C20H24N2O/c23-20(22-15-7-8-16-22)21-14-13-19(17-9-3-1-4-10-17)18-11-5-2-6-12-18/h1-6,9-12,19H,7-8,13-16H2,(H,21,23). The lowest BCUT2D eigenvalue weighted by atomic mass is 9.88. The molecule has 2 amide bonds. The van der Waals surface area contributed by atoms with E-state index in [9.17, 15) is 4.79 Å². The molecular weight excluding hydrogens is 284 g/mol. The number of rotatable bonds is 5. The molecule has 0 atom stereocenters. The van der Waals surface area contributed by atoms with E-state index in [1.807, 2.05) is 17.0 Å². The topological polar surface area (TPSA) is 32.3 Å². The maximum absolute atomic E-state index is 12.1.